The third-order valence-corrected chi connectivity index (χ3v) is 6.05. The number of aryl methyl sites for hydroxylation is 1. The largest absolute Gasteiger partial charge is 0.506 e. The van der Waals surface area contributed by atoms with E-state index in [4.69, 9.17) is 9.47 Å². The van der Waals surface area contributed by atoms with Gasteiger partial charge in [-0.25, -0.2) is 0 Å². The molecule has 0 unspecified atom stereocenters. The number of benzene rings is 2. The van der Waals surface area contributed by atoms with Gasteiger partial charge in [-0.05, 0) is 47.5 Å². The SMILES string of the molecule is Cn1c(=O)c(C(=O)C[C@H](NCc2ccncc2)c2ccc3c(c2)OCO3)c(O)c2ccccc21. The van der Waals surface area contributed by atoms with Gasteiger partial charge in [0.15, 0.2) is 17.3 Å². The molecule has 8 nitrogen and oxygen atoms in total. The lowest BCUT2D eigenvalue weighted by molar-refractivity contribution is 0.0963. The molecule has 1 aliphatic heterocycles. The van der Waals surface area contributed by atoms with E-state index < -0.39 is 17.4 Å². The van der Waals surface area contributed by atoms with Crippen LogP contribution in [0.1, 0.15) is 33.9 Å². The minimum atomic E-state index is -0.528. The maximum Gasteiger partial charge on any atom is 0.265 e. The van der Waals surface area contributed by atoms with Crippen LogP contribution in [0.3, 0.4) is 0 Å². The van der Waals surface area contributed by atoms with Gasteiger partial charge in [-0.3, -0.25) is 14.6 Å². The van der Waals surface area contributed by atoms with Crippen LogP contribution in [0.2, 0.25) is 0 Å². The van der Waals surface area contributed by atoms with Crippen LogP contribution in [0.4, 0.5) is 0 Å². The van der Waals surface area contributed by atoms with Gasteiger partial charge < -0.3 is 24.5 Å². The zero-order valence-electron chi connectivity index (χ0n) is 18.5. The molecular weight excluding hydrogens is 434 g/mol. The van der Waals surface area contributed by atoms with Crippen molar-refractivity contribution in [1.29, 1.82) is 0 Å². The Balaban J connectivity index is 1.50. The Kier molecular flexibility index (Phi) is 5.73. The first-order valence-corrected chi connectivity index (χ1v) is 10.9. The average molecular weight is 457 g/mol. The lowest BCUT2D eigenvalue weighted by Gasteiger charge is -2.20. The second-order valence-corrected chi connectivity index (χ2v) is 8.13. The molecule has 0 fully saturated rings. The molecule has 0 saturated heterocycles. The Morgan fingerprint density at radius 3 is 2.71 bits per heavy atom. The molecule has 0 amide bonds. The van der Waals surface area contributed by atoms with E-state index in [-0.39, 0.29) is 24.5 Å². The third kappa shape index (κ3) is 3.99. The number of nitrogens with one attached hydrogen (secondary N) is 1. The molecule has 2 aromatic heterocycles. The molecule has 2 aromatic carbocycles. The van der Waals surface area contributed by atoms with Crippen LogP contribution in [0.15, 0.2) is 71.8 Å². The predicted molar refractivity (Wildman–Crippen MR) is 126 cm³/mol. The lowest BCUT2D eigenvalue weighted by atomic mass is 9.96. The van der Waals surface area contributed by atoms with E-state index in [9.17, 15) is 14.7 Å². The van der Waals surface area contributed by atoms with Crippen LogP contribution >= 0.6 is 0 Å². The second kappa shape index (κ2) is 8.99. The van der Waals surface area contributed by atoms with Crippen molar-refractivity contribution in [2.24, 2.45) is 7.05 Å². The van der Waals surface area contributed by atoms with Crippen molar-refractivity contribution < 1.29 is 19.4 Å². The smallest absolute Gasteiger partial charge is 0.265 e. The zero-order chi connectivity index (χ0) is 23.7. The number of Topliss-reactive ketones (excluding diaryl/α,β-unsaturated/α-hetero) is 1. The average Bonchev–Trinajstić information content (AvgIpc) is 3.34. The Bertz CT molecular complexity index is 1430. The number of carbonyl (C=O) groups is 1. The fraction of sp³-hybridized carbons (Fsp3) is 0.192. The van der Waals surface area contributed by atoms with E-state index in [0.29, 0.717) is 28.9 Å². The van der Waals surface area contributed by atoms with E-state index in [1.165, 1.54) is 4.57 Å². The van der Waals surface area contributed by atoms with Gasteiger partial charge in [0.05, 0.1) is 5.52 Å². The summed E-state index contributed by atoms with van der Waals surface area (Å²) < 4.78 is 12.3. The Labute approximate surface area is 195 Å². The summed E-state index contributed by atoms with van der Waals surface area (Å²) in [4.78, 5) is 30.5. The number of pyridine rings is 2. The number of ether oxygens (including phenoxy) is 2. The minimum absolute atomic E-state index is 0.0358. The number of nitrogens with zero attached hydrogens (tertiary/aromatic N) is 2. The number of fused-ring (bicyclic) bond motifs is 2. The number of para-hydroxylation sites is 1. The highest BCUT2D eigenvalue weighted by Crippen LogP contribution is 2.35. The van der Waals surface area contributed by atoms with E-state index in [0.717, 1.165) is 11.1 Å². The maximum absolute atomic E-state index is 13.4. The first-order valence-electron chi connectivity index (χ1n) is 10.9. The Hall–Kier alpha value is -4.17. The monoisotopic (exact) mass is 457 g/mol. The third-order valence-electron chi connectivity index (χ3n) is 6.05. The molecule has 5 rings (SSSR count). The number of hydrogen-bond donors (Lipinski definition) is 2. The van der Waals surface area contributed by atoms with E-state index in [1.54, 1.807) is 49.8 Å². The van der Waals surface area contributed by atoms with Crippen molar-refractivity contribution in [3.63, 3.8) is 0 Å². The zero-order valence-corrected chi connectivity index (χ0v) is 18.5. The van der Waals surface area contributed by atoms with Crippen molar-refractivity contribution in [3.05, 3.63) is 94.0 Å². The summed E-state index contributed by atoms with van der Waals surface area (Å²) in [5.41, 5.74) is 1.63. The van der Waals surface area contributed by atoms with Crippen molar-refractivity contribution in [3.8, 4) is 17.2 Å². The van der Waals surface area contributed by atoms with Gasteiger partial charge in [-0.1, -0.05) is 18.2 Å². The molecule has 2 N–H and O–H groups in total. The number of rotatable bonds is 7. The summed E-state index contributed by atoms with van der Waals surface area (Å²) in [6.45, 7) is 0.629. The lowest BCUT2D eigenvalue weighted by Crippen LogP contribution is -2.29. The maximum atomic E-state index is 13.4. The topological polar surface area (TPSA) is 103 Å². The van der Waals surface area contributed by atoms with E-state index >= 15 is 0 Å². The molecule has 0 saturated carbocycles. The molecule has 8 heteroatoms. The van der Waals surface area contributed by atoms with Crippen LogP contribution in [-0.2, 0) is 13.6 Å². The molecule has 172 valence electrons. The van der Waals surface area contributed by atoms with Crippen LogP contribution < -0.4 is 20.3 Å². The molecule has 1 aliphatic rings. The fourth-order valence-electron chi connectivity index (χ4n) is 4.20. The molecule has 0 aliphatic carbocycles. The van der Waals surface area contributed by atoms with Crippen LogP contribution in [0, 0.1) is 0 Å². The molecule has 0 bridgehead atoms. The highest BCUT2D eigenvalue weighted by Gasteiger charge is 2.26. The normalized spacial score (nSPS) is 13.2. The molecule has 0 spiro atoms. The number of ketones is 1. The number of aromatic hydroxyl groups is 1. The quantitative estimate of drug-likeness (QED) is 0.410. The van der Waals surface area contributed by atoms with Gasteiger partial charge in [0.1, 0.15) is 11.3 Å². The summed E-state index contributed by atoms with van der Waals surface area (Å²) in [6.07, 6.45) is 3.37. The Morgan fingerprint density at radius 1 is 1.12 bits per heavy atom. The predicted octanol–water partition coefficient (Wildman–Crippen LogP) is 3.47. The van der Waals surface area contributed by atoms with Crippen molar-refractivity contribution >= 4 is 16.7 Å². The van der Waals surface area contributed by atoms with Gasteiger partial charge in [-0.2, -0.15) is 0 Å². The van der Waals surface area contributed by atoms with Gasteiger partial charge in [0.25, 0.3) is 5.56 Å². The van der Waals surface area contributed by atoms with Crippen LogP contribution in [0.5, 0.6) is 17.2 Å². The molecule has 3 heterocycles. The first-order chi connectivity index (χ1) is 16.5. The minimum Gasteiger partial charge on any atom is -0.506 e. The van der Waals surface area contributed by atoms with Gasteiger partial charge >= 0.3 is 0 Å². The molecule has 4 aromatic rings. The fourth-order valence-corrected chi connectivity index (χ4v) is 4.20. The molecule has 0 radical (unpaired) electrons. The Morgan fingerprint density at radius 2 is 1.88 bits per heavy atom. The second-order valence-electron chi connectivity index (χ2n) is 8.13. The van der Waals surface area contributed by atoms with E-state index in [2.05, 4.69) is 10.3 Å². The standard InChI is InChI=1S/C26H23N3O5/c1-29-20-5-3-2-4-18(20)25(31)24(26(29)32)21(30)13-19(28-14-16-8-10-27-11-9-16)17-6-7-22-23(12-17)34-15-33-22/h2-12,19,28,31H,13-15H2,1H3/t19-/m0/s1. The summed E-state index contributed by atoms with van der Waals surface area (Å²) in [5, 5.41) is 14.7. The van der Waals surface area contributed by atoms with Crippen molar-refractivity contribution in [2.75, 3.05) is 6.79 Å². The van der Waals surface area contributed by atoms with Crippen molar-refractivity contribution in [2.45, 2.75) is 19.0 Å². The summed E-state index contributed by atoms with van der Waals surface area (Å²) in [5.74, 6) is 0.505. The summed E-state index contributed by atoms with van der Waals surface area (Å²) in [7, 11) is 1.60. The van der Waals surface area contributed by atoms with Crippen LogP contribution in [0.25, 0.3) is 10.9 Å². The van der Waals surface area contributed by atoms with E-state index in [1.807, 2.05) is 24.3 Å². The molecule has 34 heavy (non-hydrogen) atoms. The number of aromatic nitrogens is 2. The highest BCUT2D eigenvalue weighted by molar-refractivity contribution is 6.03. The summed E-state index contributed by atoms with van der Waals surface area (Å²) in [6, 6.07) is 15.8. The van der Waals surface area contributed by atoms with Gasteiger partial charge in [0, 0.05) is 43.8 Å². The van der Waals surface area contributed by atoms with Crippen molar-refractivity contribution in [1.82, 2.24) is 14.9 Å². The number of hydrogen-bond acceptors (Lipinski definition) is 7. The molecule has 1 atom stereocenters. The van der Waals surface area contributed by atoms with Gasteiger partial charge in [-0.15, -0.1) is 0 Å². The first kappa shape index (κ1) is 21.7. The molecular formula is C26H23N3O5. The number of carbonyl (C=O) groups excluding carboxylic acids is 1. The highest BCUT2D eigenvalue weighted by atomic mass is 16.7. The summed E-state index contributed by atoms with van der Waals surface area (Å²) >= 11 is 0. The van der Waals surface area contributed by atoms with Crippen LogP contribution in [-0.4, -0.2) is 27.2 Å². The van der Waals surface area contributed by atoms with Gasteiger partial charge in [0.2, 0.25) is 6.79 Å².